The molecule has 0 aliphatic heterocycles. The van der Waals surface area contributed by atoms with Gasteiger partial charge in [-0.2, -0.15) is 0 Å². The van der Waals surface area contributed by atoms with Gasteiger partial charge in [-0.3, -0.25) is 9.88 Å². The third kappa shape index (κ3) is 2.56. The number of phenolic OH excluding ortho intramolecular Hbond substituents is 1. The molecular formula is C14H18N2O. The van der Waals surface area contributed by atoms with Crippen LogP contribution < -0.4 is 0 Å². The van der Waals surface area contributed by atoms with Gasteiger partial charge in [-0.05, 0) is 31.3 Å². The number of aromatic hydroxyl groups is 1. The first-order chi connectivity index (χ1) is 8.24. The Kier molecular flexibility index (Phi) is 3.59. The van der Waals surface area contributed by atoms with E-state index in [0.29, 0.717) is 5.75 Å². The Balaban J connectivity index is 2.37. The van der Waals surface area contributed by atoms with Crippen LogP contribution in [0.2, 0.25) is 0 Å². The van der Waals surface area contributed by atoms with E-state index in [9.17, 15) is 5.11 Å². The molecule has 0 amide bonds. The van der Waals surface area contributed by atoms with Crippen LogP contribution >= 0.6 is 0 Å². The molecule has 0 saturated carbocycles. The van der Waals surface area contributed by atoms with E-state index >= 15 is 0 Å². The van der Waals surface area contributed by atoms with E-state index in [0.717, 1.165) is 36.1 Å². The van der Waals surface area contributed by atoms with Gasteiger partial charge in [-0.25, -0.2) is 0 Å². The lowest BCUT2D eigenvalue weighted by molar-refractivity contribution is 0.291. The smallest absolute Gasteiger partial charge is 0.120 e. The molecule has 0 bridgehead atoms. The van der Waals surface area contributed by atoms with Crippen molar-refractivity contribution in [1.29, 1.82) is 0 Å². The second kappa shape index (κ2) is 5.15. The highest BCUT2D eigenvalue weighted by atomic mass is 16.3. The standard InChI is InChI=1S/C14H18N2O/c1-3-16(4-2)10-12-8-13-11(9-14(12)17)6-5-7-15-13/h5-9,17H,3-4,10H2,1-2H3. The van der Waals surface area contributed by atoms with Gasteiger partial charge < -0.3 is 5.11 Å². The van der Waals surface area contributed by atoms with Gasteiger partial charge in [-0.15, -0.1) is 0 Å². The first-order valence-electron chi connectivity index (χ1n) is 6.03. The topological polar surface area (TPSA) is 36.4 Å². The zero-order valence-corrected chi connectivity index (χ0v) is 10.3. The predicted octanol–water partition coefficient (Wildman–Crippen LogP) is 2.78. The van der Waals surface area contributed by atoms with Gasteiger partial charge in [0.1, 0.15) is 5.75 Å². The minimum absolute atomic E-state index is 0.359. The number of aromatic nitrogens is 1. The van der Waals surface area contributed by atoms with Crippen molar-refractivity contribution in [1.82, 2.24) is 9.88 Å². The van der Waals surface area contributed by atoms with Crippen molar-refractivity contribution in [3.05, 3.63) is 36.0 Å². The van der Waals surface area contributed by atoms with Crippen molar-refractivity contribution in [2.75, 3.05) is 13.1 Å². The number of hydrogen-bond acceptors (Lipinski definition) is 3. The van der Waals surface area contributed by atoms with Crippen LogP contribution in [0.5, 0.6) is 5.75 Å². The van der Waals surface area contributed by atoms with E-state index in [2.05, 4.69) is 23.7 Å². The Morgan fingerprint density at radius 1 is 1.24 bits per heavy atom. The molecule has 17 heavy (non-hydrogen) atoms. The maximum atomic E-state index is 9.99. The lowest BCUT2D eigenvalue weighted by Crippen LogP contribution is -2.22. The van der Waals surface area contributed by atoms with Crippen molar-refractivity contribution < 1.29 is 5.11 Å². The second-order valence-corrected chi connectivity index (χ2v) is 4.14. The van der Waals surface area contributed by atoms with Gasteiger partial charge in [0.05, 0.1) is 5.52 Å². The van der Waals surface area contributed by atoms with Crippen LogP contribution in [0.25, 0.3) is 10.9 Å². The number of benzene rings is 1. The number of nitrogens with zero attached hydrogens (tertiary/aromatic N) is 2. The monoisotopic (exact) mass is 230 g/mol. The number of hydrogen-bond donors (Lipinski definition) is 1. The Bertz CT molecular complexity index is 507. The van der Waals surface area contributed by atoms with E-state index in [1.807, 2.05) is 18.2 Å². The van der Waals surface area contributed by atoms with E-state index < -0.39 is 0 Å². The molecule has 2 aromatic rings. The van der Waals surface area contributed by atoms with Gasteiger partial charge in [0.15, 0.2) is 0 Å². The fraction of sp³-hybridized carbons (Fsp3) is 0.357. The van der Waals surface area contributed by atoms with Crippen LogP contribution in [0.3, 0.4) is 0 Å². The van der Waals surface area contributed by atoms with Gasteiger partial charge >= 0.3 is 0 Å². The van der Waals surface area contributed by atoms with Gasteiger partial charge in [-0.1, -0.05) is 19.9 Å². The average Bonchev–Trinajstić information content (AvgIpc) is 2.36. The van der Waals surface area contributed by atoms with Crippen LogP contribution in [0.1, 0.15) is 19.4 Å². The fourth-order valence-corrected chi connectivity index (χ4v) is 1.97. The van der Waals surface area contributed by atoms with Crippen molar-refractivity contribution in [2.45, 2.75) is 20.4 Å². The van der Waals surface area contributed by atoms with Crippen molar-refractivity contribution in [3.63, 3.8) is 0 Å². The number of pyridine rings is 1. The molecule has 0 atom stereocenters. The Hall–Kier alpha value is -1.61. The molecule has 0 spiro atoms. The molecule has 1 aromatic heterocycles. The van der Waals surface area contributed by atoms with Gasteiger partial charge in [0.25, 0.3) is 0 Å². The number of fused-ring (bicyclic) bond motifs is 1. The molecule has 0 unspecified atom stereocenters. The van der Waals surface area contributed by atoms with Gasteiger partial charge in [0, 0.05) is 23.7 Å². The number of phenols is 1. The van der Waals surface area contributed by atoms with Gasteiger partial charge in [0.2, 0.25) is 0 Å². The first kappa shape index (κ1) is 11.9. The average molecular weight is 230 g/mol. The maximum Gasteiger partial charge on any atom is 0.120 e. The molecular weight excluding hydrogens is 212 g/mol. The Labute approximate surface area is 102 Å². The summed E-state index contributed by atoms with van der Waals surface area (Å²) < 4.78 is 0. The van der Waals surface area contributed by atoms with E-state index in [-0.39, 0.29) is 0 Å². The zero-order chi connectivity index (χ0) is 12.3. The third-order valence-corrected chi connectivity index (χ3v) is 3.09. The summed E-state index contributed by atoms with van der Waals surface area (Å²) in [5.74, 6) is 0.359. The van der Waals surface area contributed by atoms with Crippen LogP contribution in [-0.2, 0) is 6.54 Å². The molecule has 3 nitrogen and oxygen atoms in total. The highest BCUT2D eigenvalue weighted by molar-refractivity contribution is 5.81. The van der Waals surface area contributed by atoms with Crippen LogP contribution in [0.4, 0.5) is 0 Å². The highest BCUT2D eigenvalue weighted by Gasteiger charge is 2.07. The molecule has 90 valence electrons. The molecule has 1 N–H and O–H groups in total. The minimum Gasteiger partial charge on any atom is -0.508 e. The minimum atomic E-state index is 0.359. The van der Waals surface area contributed by atoms with E-state index in [1.165, 1.54) is 0 Å². The SMILES string of the molecule is CCN(CC)Cc1cc2ncccc2cc1O. The molecule has 0 aliphatic carbocycles. The molecule has 0 fully saturated rings. The molecule has 1 heterocycles. The second-order valence-electron chi connectivity index (χ2n) is 4.14. The predicted molar refractivity (Wildman–Crippen MR) is 70.0 cm³/mol. The Morgan fingerprint density at radius 3 is 2.71 bits per heavy atom. The summed E-state index contributed by atoms with van der Waals surface area (Å²) in [6, 6.07) is 7.61. The van der Waals surface area contributed by atoms with Crippen LogP contribution in [0, 0.1) is 0 Å². The first-order valence-corrected chi connectivity index (χ1v) is 6.03. The molecule has 0 saturated heterocycles. The third-order valence-electron chi connectivity index (χ3n) is 3.09. The van der Waals surface area contributed by atoms with E-state index in [1.54, 1.807) is 12.3 Å². The van der Waals surface area contributed by atoms with Crippen molar-refractivity contribution >= 4 is 10.9 Å². The fourth-order valence-electron chi connectivity index (χ4n) is 1.97. The molecule has 0 radical (unpaired) electrons. The lowest BCUT2D eigenvalue weighted by Gasteiger charge is -2.18. The molecule has 2 rings (SSSR count). The van der Waals surface area contributed by atoms with Crippen molar-refractivity contribution in [2.24, 2.45) is 0 Å². The summed E-state index contributed by atoms with van der Waals surface area (Å²) >= 11 is 0. The zero-order valence-electron chi connectivity index (χ0n) is 10.3. The summed E-state index contributed by atoms with van der Waals surface area (Å²) in [4.78, 5) is 6.58. The molecule has 0 aliphatic rings. The van der Waals surface area contributed by atoms with E-state index in [4.69, 9.17) is 0 Å². The number of rotatable bonds is 4. The summed E-state index contributed by atoms with van der Waals surface area (Å²) in [5.41, 5.74) is 1.88. The quantitative estimate of drug-likeness (QED) is 0.877. The largest absolute Gasteiger partial charge is 0.508 e. The summed E-state index contributed by atoms with van der Waals surface area (Å²) in [6.07, 6.45) is 1.78. The Morgan fingerprint density at radius 2 is 2.00 bits per heavy atom. The highest BCUT2D eigenvalue weighted by Crippen LogP contribution is 2.24. The van der Waals surface area contributed by atoms with Crippen LogP contribution in [0.15, 0.2) is 30.5 Å². The summed E-state index contributed by atoms with van der Waals surface area (Å²) in [7, 11) is 0. The normalized spacial score (nSPS) is 11.2. The van der Waals surface area contributed by atoms with Crippen molar-refractivity contribution in [3.8, 4) is 5.75 Å². The lowest BCUT2D eigenvalue weighted by atomic mass is 10.1. The molecule has 1 aromatic carbocycles. The maximum absolute atomic E-state index is 9.99. The molecule has 3 heteroatoms. The summed E-state index contributed by atoms with van der Waals surface area (Å²) in [5, 5.41) is 11.0. The summed E-state index contributed by atoms with van der Waals surface area (Å²) in [6.45, 7) is 6.98. The van der Waals surface area contributed by atoms with Crippen LogP contribution in [-0.4, -0.2) is 28.1 Å².